The predicted molar refractivity (Wildman–Crippen MR) is 116 cm³/mol. The Hall–Kier alpha value is -2.22. The predicted octanol–water partition coefficient (Wildman–Crippen LogP) is 4.29. The first-order valence-corrected chi connectivity index (χ1v) is 10.7. The van der Waals surface area contributed by atoms with Crippen molar-refractivity contribution in [2.24, 2.45) is 11.7 Å². The Morgan fingerprint density at radius 3 is 2.41 bits per heavy atom. The molecule has 1 unspecified atom stereocenters. The van der Waals surface area contributed by atoms with Crippen molar-refractivity contribution >= 4 is 11.3 Å². The van der Waals surface area contributed by atoms with Gasteiger partial charge in [-0.25, -0.2) is 0 Å². The standard InChI is InChI=1S/C22H29N3O3S/c1-12(2)6-17-11-29-20(15(17)5)22-25-24-21(28-22)16-7-13(3)19(14(4)8-16)27-10-18(26)9-23/h7-8,11-12,18,26H,6,9-10,23H2,1-5H3. The lowest BCUT2D eigenvalue weighted by Gasteiger charge is -2.15. The van der Waals surface area contributed by atoms with E-state index in [0.717, 1.165) is 33.7 Å². The molecule has 1 aromatic carbocycles. The summed E-state index contributed by atoms with van der Waals surface area (Å²) in [5.41, 5.74) is 10.7. The van der Waals surface area contributed by atoms with Gasteiger partial charge in [0.2, 0.25) is 5.89 Å². The highest BCUT2D eigenvalue weighted by Crippen LogP contribution is 2.35. The number of nitrogens with zero attached hydrogens (tertiary/aromatic N) is 2. The molecule has 3 rings (SSSR count). The Morgan fingerprint density at radius 1 is 1.14 bits per heavy atom. The largest absolute Gasteiger partial charge is 0.490 e. The lowest BCUT2D eigenvalue weighted by Crippen LogP contribution is -2.26. The molecule has 0 radical (unpaired) electrons. The van der Waals surface area contributed by atoms with E-state index in [-0.39, 0.29) is 13.2 Å². The number of hydrogen-bond acceptors (Lipinski definition) is 7. The molecule has 0 bridgehead atoms. The molecule has 0 aliphatic rings. The Morgan fingerprint density at radius 2 is 1.79 bits per heavy atom. The fraction of sp³-hybridized carbons (Fsp3) is 0.455. The number of nitrogens with two attached hydrogens (primary N) is 1. The average molecular weight is 416 g/mol. The molecular weight excluding hydrogens is 386 g/mol. The molecule has 29 heavy (non-hydrogen) atoms. The van der Waals surface area contributed by atoms with Crippen LogP contribution >= 0.6 is 11.3 Å². The van der Waals surface area contributed by atoms with E-state index in [0.29, 0.717) is 17.7 Å². The summed E-state index contributed by atoms with van der Waals surface area (Å²) in [6.45, 7) is 10.8. The van der Waals surface area contributed by atoms with Crippen molar-refractivity contribution in [3.8, 4) is 28.0 Å². The molecule has 2 aromatic heterocycles. The molecular formula is C22H29N3O3S. The number of thiophene rings is 1. The van der Waals surface area contributed by atoms with Gasteiger partial charge in [-0.05, 0) is 72.9 Å². The molecule has 1 atom stereocenters. The maximum absolute atomic E-state index is 9.63. The fourth-order valence-electron chi connectivity index (χ4n) is 3.29. The quantitative estimate of drug-likeness (QED) is 0.570. The summed E-state index contributed by atoms with van der Waals surface area (Å²) in [6.07, 6.45) is 0.365. The van der Waals surface area contributed by atoms with E-state index >= 15 is 0 Å². The first kappa shape index (κ1) is 21.5. The van der Waals surface area contributed by atoms with E-state index in [1.54, 1.807) is 11.3 Å². The summed E-state index contributed by atoms with van der Waals surface area (Å²) >= 11 is 1.65. The number of hydrogen-bond donors (Lipinski definition) is 2. The zero-order valence-electron chi connectivity index (χ0n) is 17.7. The summed E-state index contributed by atoms with van der Waals surface area (Å²) in [7, 11) is 0. The third-order valence-corrected chi connectivity index (χ3v) is 5.91. The Kier molecular flexibility index (Phi) is 6.72. The number of aromatic nitrogens is 2. The van der Waals surface area contributed by atoms with Crippen molar-refractivity contribution in [1.82, 2.24) is 10.2 Å². The van der Waals surface area contributed by atoms with Gasteiger partial charge in [-0.1, -0.05) is 13.8 Å². The maximum Gasteiger partial charge on any atom is 0.258 e. The van der Waals surface area contributed by atoms with Crippen LogP contribution in [0.3, 0.4) is 0 Å². The van der Waals surface area contributed by atoms with Gasteiger partial charge in [0.15, 0.2) is 0 Å². The molecule has 7 heteroatoms. The summed E-state index contributed by atoms with van der Waals surface area (Å²) in [4.78, 5) is 1.03. The van der Waals surface area contributed by atoms with Gasteiger partial charge in [0.05, 0.1) is 4.88 Å². The molecule has 0 aliphatic carbocycles. The topological polar surface area (TPSA) is 94.4 Å². The second-order valence-corrected chi connectivity index (χ2v) is 8.74. The summed E-state index contributed by atoms with van der Waals surface area (Å²) in [5, 5.41) is 20.4. The van der Waals surface area contributed by atoms with E-state index in [2.05, 4.69) is 36.3 Å². The van der Waals surface area contributed by atoms with Crippen molar-refractivity contribution in [2.75, 3.05) is 13.2 Å². The molecule has 0 aliphatic heterocycles. The highest BCUT2D eigenvalue weighted by atomic mass is 32.1. The molecule has 156 valence electrons. The molecule has 6 nitrogen and oxygen atoms in total. The smallest absolute Gasteiger partial charge is 0.258 e. The van der Waals surface area contributed by atoms with Crippen LogP contribution in [0.5, 0.6) is 5.75 Å². The molecule has 0 saturated heterocycles. The van der Waals surface area contributed by atoms with Gasteiger partial charge < -0.3 is 20.0 Å². The molecule has 3 aromatic rings. The van der Waals surface area contributed by atoms with Crippen LogP contribution in [-0.4, -0.2) is 34.6 Å². The summed E-state index contributed by atoms with van der Waals surface area (Å²) in [5.74, 6) is 2.39. The molecule has 2 heterocycles. The van der Waals surface area contributed by atoms with Crippen molar-refractivity contribution < 1.29 is 14.3 Å². The Balaban J connectivity index is 1.84. The molecule has 0 fully saturated rings. The van der Waals surface area contributed by atoms with Crippen molar-refractivity contribution in [2.45, 2.75) is 47.1 Å². The number of ether oxygens (including phenoxy) is 1. The van der Waals surface area contributed by atoms with Crippen LogP contribution in [0.1, 0.15) is 36.1 Å². The van der Waals surface area contributed by atoms with Crippen LogP contribution in [0.2, 0.25) is 0 Å². The van der Waals surface area contributed by atoms with Crippen LogP contribution in [-0.2, 0) is 6.42 Å². The Bertz CT molecular complexity index is 955. The molecule has 0 amide bonds. The van der Waals surface area contributed by atoms with Crippen molar-refractivity contribution in [3.63, 3.8) is 0 Å². The second-order valence-electron chi connectivity index (χ2n) is 7.87. The monoisotopic (exact) mass is 415 g/mol. The lowest BCUT2D eigenvalue weighted by molar-refractivity contribution is 0.113. The third-order valence-electron chi connectivity index (χ3n) is 4.79. The Labute approximate surface area is 175 Å². The fourth-order valence-corrected chi connectivity index (χ4v) is 4.31. The first-order valence-electron chi connectivity index (χ1n) is 9.83. The van der Waals surface area contributed by atoms with Gasteiger partial charge in [-0.15, -0.1) is 21.5 Å². The van der Waals surface area contributed by atoms with Gasteiger partial charge in [-0.2, -0.15) is 0 Å². The van der Waals surface area contributed by atoms with Crippen molar-refractivity contribution in [3.05, 3.63) is 39.8 Å². The minimum atomic E-state index is -0.679. The van der Waals surface area contributed by atoms with Crippen LogP contribution in [0, 0.1) is 26.7 Å². The highest BCUT2D eigenvalue weighted by molar-refractivity contribution is 7.13. The summed E-state index contributed by atoms with van der Waals surface area (Å²) < 4.78 is 11.8. The number of aliphatic hydroxyl groups is 1. The SMILES string of the molecule is Cc1cc(-c2nnc(-c3scc(CC(C)C)c3C)o2)cc(C)c1OCC(O)CN. The maximum atomic E-state index is 9.63. The normalized spacial score (nSPS) is 12.6. The van der Waals surface area contributed by atoms with Crippen LogP contribution in [0.25, 0.3) is 22.2 Å². The van der Waals surface area contributed by atoms with E-state index in [1.807, 2.05) is 26.0 Å². The van der Waals surface area contributed by atoms with Gasteiger partial charge in [0.25, 0.3) is 5.89 Å². The molecule has 3 N–H and O–H groups in total. The van der Waals surface area contributed by atoms with Gasteiger partial charge in [0, 0.05) is 12.1 Å². The number of benzene rings is 1. The van der Waals surface area contributed by atoms with E-state index in [1.165, 1.54) is 11.1 Å². The third kappa shape index (κ3) is 4.86. The average Bonchev–Trinajstić information content (AvgIpc) is 3.28. The van der Waals surface area contributed by atoms with Gasteiger partial charge in [0.1, 0.15) is 18.5 Å². The minimum absolute atomic E-state index is 0.165. The van der Waals surface area contributed by atoms with Crippen LogP contribution < -0.4 is 10.5 Å². The number of rotatable bonds is 8. The van der Waals surface area contributed by atoms with Crippen LogP contribution in [0.4, 0.5) is 0 Å². The second kappa shape index (κ2) is 9.07. The van der Waals surface area contributed by atoms with E-state index in [4.69, 9.17) is 14.9 Å². The van der Waals surface area contributed by atoms with E-state index in [9.17, 15) is 5.11 Å². The lowest BCUT2D eigenvalue weighted by atomic mass is 10.0. The zero-order chi connectivity index (χ0) is 21.1. The van der Waals surface area contributed by atoms with Gasteiger partial charge in [-0.3, -0.25) is 0 Å². The summed E-state index contributed by atoms with van der Waals surface area (Å²) in [6, 6.07) is 3.92. The number of aryl methyl sites for hydroxylation is 2. The molecule has 0 spiro atoms. The minimum Gasteiger partial charge on any atom is -0.490 e. The van der Waals surface area contributed by atoms with Gasteiger partial charge >= 0.3 is 0 Å². The number of aliphatic hydroxyl groups excluding tert-OH is 1. The van der Waals surface area contributed by atoms with Crippen LogP contribution in [0.15, 0.2) is 21.9 Å². The first-order chi connectivity index (χ1) is 13.8. The zero-order valence-corrected chi connectivity index (χ0v) is 18.5. The van der Waals surface area contributed by atoms with E-state index < -0.39 is 6.10 Å². The van der Waals surface area contributed by atoms with Crippen molar-refractivity contribution in [1.29, 1.82) is 0 Å². The molecule has 0 saturated carbocycles. The highest BCUT2D eigenvalue weighted by Gasteiger charge is 2.18.